The van der Waals surface area contributed by atoms with Gasteiger partial charge >= 0.3 is 17.8 Å². The number of aromatic nitrogens is 7. The molecule has 0 aliphatic carbocycles. The molecular weight excluding hydrogens is 515 g/mol. The Morgan fingerprint density at radius 3 is 2.45 bits per heavy atom. The van der Waals surface area contributed by atoms with Gasteiger partial charge in [0, 0.05) is 24.8 Å². The van der Waals surface area contributed by atoms with Gasteiger partial charge in [-0.25, -0.2) is 19.9 Å². The van der Waals surface area contributed by atoms with Crippen LogP contribution in [-0.4, -0.2) is 65.4 Å². The summed E-state index contributed by atoms with van der Waals surface area (Å²) in [6.45, 7) is 0.0791. The van der Waals surface area contributed by atoms with Gasteiger partial charge in [-0.05, 0) is 6.42 Å². The molecule has 4 aromatic rings. The number of anilines is 1. The van der Waals surface area contributed by atoms with Crippen molar-refractivity contribution in [2.75, 3.05) is 18.0 Å². The van der Waals surface area contributed by atoms with Crippen LogP contribution in [0.15, 0.2) is 53.1 Å². The molecule has 1 unspecified atom stereocenters. The van der Waals surface area contributed by atoms with E-state index in [-0.39, 0.29) is 46.9 Å². The van der Waals surface area contributed by atoms with Gasteiger partial charge < -0.3 is 10.0 Å². The number of β-amino-alcohol motifs (C(OH)–C–C–N with tert-alkyl or cyclic N) is 1. The molecule has 11 nitrogen and oxygen atoms in total. The highest BCUT2D eigenvalue weighted by Gasteiger charge is 2.66. The molecule has 1 fully saturated rings. The fourth-order valence-corrected chi connectivity index (χ4v) is 4.31. The lowest BCUT2D eigenvalue weighted by Crippen LogP contribution is -2.32. The van der Waals surface area contributed by atoms with Crippen molar-refractivity contribution in [3.63, 3.8) is 0 Å². The van der Waals surface area contributed by atoms with E-state index in [1.165, 1.54) is 24.3 Å². The Labute approximate surface area is 210 Å². The predicted molar refractivity (Wildman–Crippen MR) is 119 cm³/mol. The van der Waals surface area contributed by atoms with Gasteiger partial charge in [0.1, 0.15) is 12.9 Å². The molecular formula is C22H17F5N10O. The Morgan fingerprint density at radius 1 is 1.03 bits per heavy atom. The van der Waals surface area contributed by atoms with Crippen LogP contribution in [0.2, 0.25) is 0 Å². The smallest absolute Gasteiger partial charge is 0.391 e. The van der Waals surface area contributed by atoms with E-state index in [0.717, 1.165) is 17.3 Å². The predicted octanol–water partition coefficient (Wildman–Crippen LogP) is 2.95. The first-order chi connectivity index (χ1) is 18.1. The highest BCUT2D eigenvalue weighted by molar-refractivity contribution is 5.82. The molecule has 1 N–H and O–H groups in total. The van der Waals surface area contributed by atoms with Gasteiger partial charge in [0.2, 0.25) is 11.5 Å². The van der Waals surface area contributed by atoms with E-state index in [4.69, 9.17) is 0 Å². The molecule has 2 aliphatic rings. The number of aliphatic hydroxyl groups excluding tert-OH is 1. The Hall–Kier alpha value is -4.21. The van der Waals surface area contributed by atoms with E-state index in [1.54, 1.807) is 11.0 Å². The van der Waals surface area contributed by atoms with E-state index in [1.807, 2.05) is 0 Å². The largest absolute Gasteiger partial charge is 0.442 e. The molecule has 2 aliphatic heterocycles. The number of benzene rings is 1. The second-order valence-corrected chi connectivity index (χ2v) is 8.86. The number of rotatable bonds is 6. The average molecular weight is 532 g/mol. The zero-order valence-corrected chi connectivity index (χ0v) is 19.3. The normalized spacial score (nSPS) is 18.9. The Kier molecular flexibility index (Phi) is 5.34. The second kappa shape index (κ2) is 8.41. The summed E-state index contributed by atoms with van der Waals surface area (Å²) >= 11 is 0. The van der Waals surface area contributed by atoms with Crippen molar-refractivity contribution in [1.82, 2.24) is 34.9 Å². The number of alkyl halides is 5. The molecule has 1 aromatic carbocycles. The standard InChI is InChI=1S/C22H17F5N10O/c23-20(24,12-4-2-1-3-5-12)19-30-17-16(18(31-19)36-7-6-13(38)9-36)32-37(33-17)10-15-14(8-28-11-29-15)21(34-35-21)22(25,26)27/h1-5,8,11,13,38H,6-7,9-10H2. The lowest BCUT2D eigenvalue weighted by molar-refractivity contribution is -0.166. The van der Waals surface area contributed by atoms with Gasteiger partial charge in [-0.2, -0.15) is 26.7 Å². The van der Waals surface area contributed by atoms with Crippen molar-refractivity contribution in [3.05, 3.63) is 65.5 Å². The minimum Gasteiger partial charge on any atom is -0.391 e. The van der Waals surface area contributed by atoms with E-state index in [9.17, 15) is 18.3 Å². The van der Waals surface area contributed by atoms with Gasteiger partial charge in [0.25, 0.3) is 0 Å². The Balaban J connectivity index is 1.44. The third kappa shape index (κ3) is 3.91. The van der Waals surface area contributed by atoms with Crippen LogP contribution in [0.1, 0.15) is 29.1 Å². The maximum atomic E-state index is 15.4. The third-order valence-electron chi connectivity index (χ3n) is 6.31. The van der Waals surface area contributed by atoms with Crippen LogP contribution in [0, 0.1) is 0 Å². The SMILES string of the molecule is OC1CCN(c2nc(C(F)(F)c3ccccc3)nc3nn(Cc4ncncc4C4(C(F)(F)F)N=N4)nc23)C1. The van der Waals surface area contributed by atoms with Crippen LogP contribution in [0.4, 0.5) is 27.8 Å². The monoisotopic (exact) mass is 532 g/mol. The van der Waals surface area contributed by atoms with Gasteiger partial charge in [-0.15, -0.1) is 20.4 Å². The molecule has 3 aromatic heterocycles. The summed E-state index contributed by atoms with van der Waals surface area (Å²) in [5.74, 6) is -4.38. The lowest BCUT2D eigenvalue weighted by atomic mass is 10.0. The Bertz CT molecular complexity index is 1530. The van der Waals surface area contributed by atoms with E-state index in [2.05, 4.69) is 40.4 Å². The first kappa shape index (κ1) is 24.1. The van der Waals surface area contributed by atoms with Crippen LogP contribution < -0.4 is 4.90 Å². The topological polar surface area (TPSA) is 130 Å². The molecule has 1 saturated heterocycles. The van der Waals surface area contributed by atoms with E-state index < -0.39 is 29.7 Å². The third-order valence-corrected chi connectivity index (χ3v) is 6.31. The fourth-order valence-electron chi connectivity index (χ4n) is 4.31. The zero-order valence-electron chi connectivity index (χ0n) is 19.3. The average Bonchev–Trinajstić information content (AvgIpc) is 3.45. The van der Waals surface area contributed by atoms with E-state index in [0.29, 0.717) is 13.0 Å². The van der Waals surface area contributed by atoms with Gasteiger partial charge in [0.05, 0.1) is 17.4 Å². The summed E-state index contributed by atoms with van der Waals surface area (Å²) in [5.41, 5.74) is -3.74. The Morgan fingerprint density at radius 2 is 1.79 bits per heavy atom. The van der Waals surface area contributed by atoms with Crippen LogP contribution in [0.3, 0.4) is 0 Å². The highest BCUT2D eigenvalue weighted by atomic mass is 19.4. The minimum absolute atomic E-state index is 0.0327. The molecule has 0 spiro atoms. The van der Waals surface area contributed by atoms with Crippen LogP contribution in [0.25, 0.3) is 11.2 Å². The first-order valence-electron chi connectivity index (χ1n) is 11.4. The van der Waals surface area contributed by atoms with Crippen molar-refractivity contribution < 1.29 is 27.1 Å². The fraction of sp³-hybridized carbons (Fsp3) is 0.364. The molecule has 5 heterocycles. The highest BCUT2D eigenvalue weighted by Crippen LogP contribution is 2.52. The van der Waals surface area contributed by atoms with E-state index >= 15 is 8.78 Å². The minimum atomic E-state index is -4.80. The molecule has 38 heavy (non-hydrogen) atoms. The number of fused-ring (bicyclic) bond motifs is 1. The molecule has 1 atom stereocenters. The quantitative estimate of drug-likeness (QED) is 0.375. The molecule has 0 saturated carbocycles. The number of hydrogen-bond acceptors (Lipinski definition) is 10. The molecule has 0 amide bonds. The van der Waals surface area contributed by atoms with Gasteiger partial charge in [-0.3, -0.25) is 0 Å². The molecule has 196 valence electrons. The summed E-state index contributed by atoms with van der Waals surface area (Å²) in [7, 11) is 0. The van der Waals surface area contributed by atoms with Crippen molar-refractivity contribution in [3.8, 4) is 0 Å². The maximum Gasteiger partial charge on any atom is 0.442 e. The van der Waals surface area contributed by atoms with Crippen LogP contribution in [0.5, 0.6) is 0 Å². The number of hydrogen-bond donors (Lipinski definition) is 1. The summed E-state index contributed by atoms with van der Waals surface area (Å²) in [4.78, 5) is 18.3. The molecule has 0 bridgehead atoms. The second-order valence-electron chi connectivity index (χ2n) is 8.86. The van der Waals surface area contributed by atoms with Gasteiger partial charge in [-0.1, -0.05) is 30.3 Å². The maximum absolute atomic E-state index is 15.4. The number of aliphatic hydroxyl groups is 1. The molecule has 16 heteroatoms. The van der Waals surface area contributed by atoms with Crippen molar-refractivity contribution in [1.29, 1.82) is 0 Å². The zero-order chi connectivity index (χ0) is 26.7. The van der Waals surface area contributed by atoms with Crippen LogP contribution >= 0.6 is 0 Å². The van der Waals surface area contributed by atoms with Crippen molar-refractivity contribution >= 4 is 17.0 Å². The van der Waals surface area contributed by atoms with Crippen molar-refractivity contribution in [2.45, 2.75) is 36.8 Å². The summed E-state index contributed by atoms with van der Waals surface area (Å²) < 4.78 is 71.7. The summed E-state index contributed by atoms with van der Waals surface area (Å²) in [5, 5.41) is 24.9. The lowest BCUT2D eigenvalue weighted by Gasteiger charge is -2.20. The molecule has 0 radical (unpaired) electrons. The number of nitrogens with zero attached hydrogens (tertiary/aromatic N) is 10. The first-order valence-corrected chi connectivity index (χ1v) is 11.4. The van der Waals surface area contributed by atoms with Gasteiger partial charge in [0.15, 0.2) is 11.3 Å². The summed E-state index contributed by atoms with van der Waals surface area (Å²) in [6.07, 6.45) is -3.08. The van der Waals surface area contributed by atoms with Crippen LogP contribution in [-0.2, 0) is 18.1 Å². The van der Waals surface area contributed by atoms with Crippen molar-refractivity contribution in [2.24, 2.45) is 10.2 Å². The summed E-state index contributed by atoms with van der Waals surface area (Å²) in [6, 6.07) is 7.00. The number of halogens is 5. The molecule has 6 rings (SSSR count).